The van der Waals surface area contributed by atoms with Gasteiger partial charge in [-0.3, -0.25) is 4.79 Å². The van der Waals surface area contributed by atoms with Crippen LogP contribution in [-0.2, 0) is 22.4 Å². The van der Waals surface area contributed by atoms with E-state index in [0.717, 1.165) is 85.1 Å². The molecule has 2 aromatic carbocycles. The minimum absolute atomic E-state index is 0.164. The van der Waals surface area contributed by atoms with Crippen molar-refractivity contribution in [2.45, 2.75) is 103 Å². The molecule has 1 aliphatic carbocycles. The number of benzene rings is 2. The molecular weight excluding hydrogens is 504 g/mol. The molecule has 1 unspecified atom stereocenters. The quantitative estimate of drug-likeness (QED) is 0.233. The number of amides is 2. The van der Waals surface area contributed by atoms with Crippen molar-refractivity contribution in [2.75, 3.05) is 12.5 Å². The predicted octanol–water partition coefficient (Wildman–Crippen LogP) is 6.67. The molecule has 1 aliphatic rings. The summed E-state index contributed by atoms with van der Waals surface area (Å²) in [7, 11) is 1.40. The third kappa shape index (κ3) is 8.23. The number of urea groups is 1. The topological polar surface area (TPSA) is 94.5 Å². The molecule has 1 heterocycles. The molecule has 1 fully saturated rings. The molecule has 0 spiro atoms. The minimum Gasteiger partial charge on any atom is -0.490 e. The van der Waals surface area contributed by atoms with E-state index in [4.69, 9.17) is 14.5 Å². The molecule has 2 N–H and O–H groups in total. The molecule has 1 saturated carbocycles. The van der Waals surface area contributed by atoms with Gasteiger partial charge in [-0.15, -0.1) is 0 Å². The number of esters is 1. The molecule has 8 heteroatoms. The van der Waals surface area contributed by atoms with Crippen LogP contribution in [0.15, 0.2) is 42.5 Å². The van der Waals surface area contributed by atoms with Gasteiger partial charge in [0.05, 0.1) is 24.6 Å². The van der Waals surface area contributed by atoms with Gasteiger partial charge in [0, 0.05) is 12.5 Å². The first kappa shape index (κ1) is 29.4. The molecule has 40 heavy (non-hydrogen) atoms. The average Bonchev–Trinajstić information content (AvgIpc) is 3.29. The normalized spacial score (nSPS) is 14.6. The summed E-state index contributed by atoms with van der Waals surface area (Å²) in [4.78, 5) is 29.5. The Balaban J connectivity index is 1.45. The van der Waals surface area contributed by atoms with Crippen molar-refractivity contribution in [3.05, 3.63) is 59.4 Å². The van der Waals surface area contributed by atoms with E-state index in [9.17, 15) is 9.59 Å². The largest absolute Gasteiger partial charge is 0.490 e. The molecule has 4 rings (SSSR count). The van der Waals surface area contributed by atoms with Crippen LogP contribution >= 0.6 is 0 Å². The highest BCUT2D eigenvalue weighted by Crippen LogP contribution is 2.23. The lowest BCUT2D eigenvalue weighted by Crippen LogP contribution is -2.42. The molecule has 1 aromatic heterocycles. The fourth-order valence-corrected chi connectivity index (χ4v) is 5.39. The number of rotatable bonds is 13. The van der Waals surface area contributed by atoms with Crippen LogP contribution in [0.4, 0.5) is 4.79 Å². The number of nitrogens with zero attached hydrogens (tertiary/aromatic N) is 2. The molecule has 0 bridgehead atoms. The van der Waals surface area contributed by atoms with Crippen LogP contribution in [0.1, 0.15) is 95.0 Å². The smallest absolute Gasteiger partial charge is 0.334 e. The van der Waals surface area contributed by atoms with Crippen LogP contribution in [0, 0.1) is 0 Å². The summed E-state index contributed by atoms with van der Waals surface area (Å²) < 4.78 is 12.7. The van der Waals surface area contributed by atoms with Gasteiger partial charge in [-0.1, -0.05) is 64.2 Å². The van der Waals surface area contributed by atoms with Crippen LogP contribution < -0.4 is 15.5 Å². The van der Waals surface area contributed by atoms with E-state index >= 15 is 0 Å². The van der Waals surface area contributed by atoms with Crippen molar-refractivity contribution in [1.29, 1.82) is 0 Å². The van der Waals surface area contributed by atoms with Gasteiger partial charge in [-0.25, -0.2) is 19.9 Å². The molecular formula is C32H44N4O4. The second-order valence-electron chi connectivity index (χ2n) is 10.8. The zero-order chi connectivity index (χ0) is 28.3. The number of carbonyl (C=O) groups excluding carboxylic acids is 2. The number of hydrogen-bond donors (Lipinski definition) is 2. The Labute approximate surface area is 237 Å². The number of unbranched alkanes of at least 4 members (excludes halogenated alkanes) is 1. The predicted molar refractivity (Wildman–Crippen MR) is 158 cm³/mol. The minimum atomic E-state index is -0.259. The van der Waals surface area contributed by atoms with Crippen molar-refractivity contribution in [3.63, 3.8) is 0 Å². The highest BCUT2D eigenvalue weighted by Gasteiger charge is 2.19. The Morgan fingerprint density at radius 2 is 1.77 bits per heavy atom. The van der Waals surface area contributed by atoms with Crippen LogP contribution in [0.2, 0.25) is 0 Å². The Morgan fingerprint density at radius 1 is 1.02 bits per heavy atom. The van der Waals surface area contributed by atoms with Gasteiger partial charge in [-0.05, 0) is 67.5 Å². The second kappa shape index (κ2) is 14.7. The van der Waals surface area contributed by atoms with E-state index in [2.05, 4.69) is 48.9 Å². The van der Waals surface area contributed by atoms with Gasteiger partial charge in [-0.2, -0.15) is 0 Å². The van der Waals surface area contributed by atoms with Gasteiger partial charge in [0.25, 0.3) is 0 Å². The van der Waals surface area contributed by atoms with Crippen molar-refractivity contribution < 1.29 is 19.1 Å². The Hall–Kier alpha value is -3.55. The van der Waals surface area contributed by atoms with E-state index in [1.54, 1.807) is 0 Å². The number of methoxy groups -OCH3 is 1. The molecule has 1 atom stereocenters. The number of nitrogens with one attached hydrogen (secondary N) is 2. The van der Waals surface area contributed by atoms with E-state index in [1.807, 2.05) is 22.9 Å². The van der Waals surface area contributed by atoms with Crippen molar-refractivity contribution in [1.82, 2.24) is 15.0 Å². The maximum Gasteiger partial charge on any atom is 0.334 e. The zero-order valence-corrected chi connectivity index (χ0v) is 24.2. The third-order valence-electron chi connectivity index (χ3n) is 7.56. The molecule has 2 amide bonds. The monoisotopic (exact) mass is 548 g/mol. The van der Waals surface area contributed by atoms with E-state index in [0.29, 0.717) is 0 Å². The van der Waals surface area contributed by atoms with Crippen LogP contribution in [0.5, 0.6) is 5.75 Å². The molecule has 0 radical (unpaired) electrons. The summed E-state index contributed by atoms with van der Waals surface area (Å²) in [5.74, 6) is 1.37. The summed E-state index contributed by atoms with van der Waals surface area (Å²) in [6, 6.07) is 14.4. The Kier molecular flexibility index (Phi) is 10.8. The van der Waals surface area contributed by atoms with E-state index < -0.39 is 0 Å². The van der Waals surface area contributed by atoms with Crippen molar-refractivity contribution >= 4 is 23.0 Å². The summed E-state index contributed by atoms with van der Waals surface area (Å²) in [6.45, 7) is 4.24. The van der Waals surface area contributed by atoms with Crippen LogP contribution in [0.25, 0.3) is 11.0 Å². The van der Waals surface area contributed by atoms with Crippen molar-refractivity contribution in [3.8, 4) is 5.75 Å². The molecule has 0 saturated heterocycles. The van der Waals surface area contributed by atoms with Crippen molar-refractivity contribution in [2.24, 2.45) is 0 Å². The summed E-state index contributed by atoms with van der Waals surface area (Å²) in [6.07, 6.45) is 11.1. The average molecular weight is 549 g/mol. The lowest BCUT2D eigenvalue weighted by atomic mass is 9.96. The SMILES string of the molecule is CCCCc1nc2cc(Cc3ccc(OC(CCC)CC(=O)OC)cc3)ccc2n1NC(=O)NC1CCCCC1. The van der Waals surface area contributed by atoms with E-state index in [1.165, 1.54) is 26.4 Å². The zero-order valence-electron chi connectivity index (χ0n) is 24.2. The fourth-order valence-electron chi connectivity index (χ4n) is 5.39. The summed E-state index contributed by atoms with van der Waals surface area (Å²) >= 11 is 0. The first-order chi connectivity index (χ1) is 19.5. The molecule has 216 valence electrons. The van der Waals surface area contributed by atoms with Crippen LogP contribution in [-0.4, -0.2) is 40.9 Å². The Bertz CT molecular complexity index is 1250. The number of hydrogen-bond acceptors (Lipinski definition) is 5. The summed E-state index contributed by atoms with van der Waals surface area (Å²) in [5, 5.41) is 3.15. The molecule has 8 nitrogen and oxygen atoms in total. The first-order valence-corrected chi connectivity index (χ1v) is 14.9. The van der Waals surface area contributed by atoms with E-state index in [-0.39, 0.29) is 30.6 Å². The number of ether oxygens (including phenoxy) is 2. The molecule has 0 aliphatic heterocycles. The number of aromatic nitrogens is 2. The van der Waals surface area contributed by atoms with Crippen LogP contribution in [0.3, 0.4) is 0 Å². The third-order valence-corrected chi connectivity index (χ3v) is 7.56. The van der Waals surface area contributed by atoms with Gasteiger partial charge in [0.2, 0.25) is 0 Å². The standard InChI is InChI=1S/C32H44N4O4/c1-4-6-13-30-34-28-21-24(16-19-29(28)36(30)35-32(38)33-25-11-8-7-9-12-25)20-23-14-17-26(18-15-23)40-27(10-5-2)22-31(37)39-3/h14-19,21,25,27H,4-13,20,22H2,1-3H3,(H2,33,35,38). The number of fused-ring (bicyclic) bond motifs is 1. The number of imidazole rings is 1. The highest BCUT2D eigenvalue weighted by molar-refractivity contribution is 5.86. The summed E-state index contributed by atoms with van der Waals surface area (Å²) in [5.41, 5.74) is 7.16. The molecule has 3 aromatic rings. The fraction of sp³-hybridized carbons (Fsp3) is 0.531. The number of carbonyl (C=O) groups is 2. The maximum atomic E-state index is 12.9. The highest BCUT2D eigenvalue weighted by atomic mass is 16.5. The van der Waals surface area contributed by atoms with Gasteiger partial charge < -0.3 is 14.8 Å². The van der Waals surface area contributed by atoms with Gasteiger partial charge in [0.1, 0.15) is 17.7 Å². The first-order valence-electron chi connectivity index (χ1n) is 14.9. The maximum absolute atomic E-state index is 12.9. The Morgan fingerprint density at radius 3 is 2.48 bits per heavy atom. The lowest BCUT2D eigenvalue weighted by Gasteiger charge is -2.23. The number of aryl methyl sites for hydroxylation is 1. The van der Waals surface area contributed by atoms with Gasteiger partial charge >= 0.3 is 12.0 Å². The lowest BCUT2D eigenvalue weighted by molar-refractivity contribution is -0.142. The van der Waals surface area contributed by atoms with Gasteiger partial charge in [0.15, 0.2) is 0 Å². The second-order valence-corrected chi connectivity index (χ2v) is 10.8.